The number of carbonyl (C=O) groups is 2. The SMILES string of the molecule is COCCNC(=O)C(=O)N1CCN(c2ccccc2OC)CC1. The van der Waals surface area contributed by atoms with E-state index in [0.717, 1.165) is 11.4 Å². The minimum atomic E-state index is -0.576. The predicted octanol–water partition coefficient (Wildman–Crippen LogP) is 0.106. The molecule has 126 valence electrons. The molecule has 0 aromatic heterocycles. The maximum absolute atomic E-state index is 12.1. The standard InChI is InChI=1S/C16H23N3O4/c1-22-12-7-17-15(20)16(21)19-10-8-18(9-11-19)13-5-3-4-6-14(13)23-2/h3-6H,7-12H2,1-2H3,(H,17,20). The number of benzene rings is 1. The van der Waals surface area contributed by atoms with E-state index in [4.69, 9.17) is 9.47 Å². The number of ether oxygens (including phenoxy) is 2. The van der Waals surface area contributed by atoms with Crippen molar-refractivity contribution in [2.75, 3.05) is 58.5 Å². The van der Waals surface area contributed by atoms with Crippen LogP contribution in [0.15, 0.2) is 24.3 Å². The van der Waals surface area contributed by atoms with Crippen LogP contribution in [0.5, 0.6) is 5.75 Å². The number of amides is 2. The van der Waals surface area contributed by atoms with Gasteiger partial charge in [-0.2, -0.15) is 0 Å². The van der Waals surface area contributed by atoms with Gasteiger partial charge in [-0.25, -0.2) is 0 Å². The minimum absolute atomic E-state index is 0.336. The molecule has 7 heteroatoms. The number of carbonyl (C=O) groups excluding carboxylic acids is 2. The summed E-state index contributed by atoms with van der Waals surface area (Å²) in [7, 11) is 3.19. The lowest BCUT2D eigenvalue weighted by atomic mass is 10.2. The summed E-state index contributed by atoms with van der Waals surface area (Å²) in [5, 5.41) is 2.55. The smallest absolute Gasteiger partial charge is 0.312 e. The summed E-state index contributed by atoms with van der Waals surface area (Å²) < 4.78 is 10.2. The number of hydrogen-bond acceptors (Lipinski definition) is 5. The van der Waals surface area contributed by atoms with Crippen molar-refractivity contribution >= 4 is 17.5 Å². The van der Waals surface area contributed by atoms with Gasteiger partial charge in [-0.05, 0) is 12.1 Å². The molecule has 2 amide bonds. The molecule has 1 aliphatic rings. The highest BCUT2D eigenvalue weighted by Crippen LogP contribution is 2.28. The minimum Gasteiger partial charge on any atom is -0.495 e. The van der Waals surface area contributed by atoms with E-state index < -0.39 is 11.8 Å². The average molecular weight is 321 g/mol. The zero-order valence-corrected chi connectivity index (χ0v) is 13.6. The first-order valence-corrected chi connectivity index (χ1v) is 7.61. The summed E-state index contributed by atoms with van der Waals surface area (Å²) >= 11 is 0. The molecule has 2 rings (SSSR count). The molecule has 0 atom stereocenters. The lowest BCUT2D eigenvalue weighted by molar-refractivity contribution is -0.146. The molecule has 1 N–H and O–H groups in total. The van der Waals surface area contributed by atoms with Gasteiger partial charge in [0.25, 0.3) is 0 Å². The molecule has 1 saturated heterocycles. The lowest BCUT2D eigenvalue weighted by Gasteiger charge is -2.36. The van der Waals surface area contributed by atoms with Gasteiger partial charge >= 0.3 is 11.8 Å². The monoisotopic (exact) mass is 321 g/mol. The number of piperazine rings is 1. The Labute approximate surface area is 136 Å². The molecule has 1 fully saturated rings. The molecule has 1 aromatic rings. The fourth-order valence-corrected chi connectivity index (χ4v) is 2.53. The molecule has 0 saturated carbocycles. The van der Waals surface area contributed by atoms with E-state index in [1.54, 1.807) is 19.1 Å². The van der Waals surface area contributed by atoms with Gasteiger partial charge in [0.05, 0.1) is 19.4 Å². The van der Waals surface area contributed by atoms with Crippen LogP contribution in [0.1, 0.15) is 0 Å². The Kier molecular flexibility index (Phi) is 6.22. The summed E-state index contributed by atoms with van der Waals surface area (Å²) in [6.07, 6.45) is 0. The van der Waals surface area contributed by atoms with E-state index in [0.29, 0.717) is 39.3 Å². The Morgan fingerprint density at radius 2 is 1.83 bits per heavy atom. The largest absolute Gasteiger partial charge is 0.495 e. The Hall–Kier alpha value is -2.28. The van der Waals surface area contributed by atoms with Crippen LogP contribution in [-0.2, 0) is 14.3 Å². The zero-order chi connectivity index (χ0) is 16.7. The molecule has 1 aliphatic heterocycles. The molecule has 1 aromatic carbocycles. The third-order valence-electron chi connectivity index (χ3n) is 3.78. The summed E-state index contributed by atoms with van der Waals surface area (Å²) in [5.74, 6) is -0.252. The van der Waals surface area contributed by atoms with Crippen LogP contribution in [0.2, 0.25) is 0 Å². The van der Waals surface area contributed by atoms with Gasteiger partial charge in [-0.1, -0.05) is 12.1 Å². The Morgan fingerprint density at radius 1 is 1.13 bits per heavy atom. The predicted molar refractivity (Wildman–Crippen MR) is 86.7 cm³/mol. The fraction of sp³-hybridized carbons (Fsp3) is 0.500. The molecule has 7 nitrogen and oxygen atoms in total. The molecule has 1 heterocycles. The second-order valence-electron chi connectivity index (χ2n) is 5.20. The van der Waals surface area contributed by atoms with Gasteiger partial charge in [-0.3, -0.25) is 9.59 Å². The van der Waals surface area contributed by atoms with Gasteiger partial charge in [0.2, 0.25) is 0 Å². The second-order valence-corrected chi connectivity index (χ2v) is 5.20. The maximum Gasteiger partial charge on any atom is 0.312 e. The third kappa shape index (κ3) is 4.35. The van der Waals surface area contributed by atoms with Crippen LogP contribution in [0.4, 0.5) is 5.69 Å². The first-order chi connectivity index (χ1) is 11.2. The number of anilines is 1. The van der Waals surface area contributed by atoms with Crippen LogP contribution in [0.25, 0.3) is 0 Å². The molecule has 0 spiro atoms. The van der Waals surface area contributed by atoms with Crippen LogP contribution in [0.3, 0.4) is 0 Å². The molecule has 0 aliphatic carbocycles. The Balaban J connectivity index is 1.88. The highest BCUT2D eigenvalue weighted by molar-refractivity contribution is 6.35. The van der Waals surface area contributed by atoms with Gasteiger partial charge in [-0.15, -0.1) is 0 Å². The molecule has 23 heavy (non-hydrogen) atoms. The fourth-order valence-electron chi connectivity index (χ4n) is 2.53. The lowest BCUT2D eigenvalue weighted by Crippen LogP contribution is -2.53. The van der Waals surface area contributed by atoms with Crippen molar-refractivity contribution in [2.45, 2.75) is 0 Å². The highest BCUT2D eigenvalue weighted by atomic mass is 16.5. The summed E-state index contributed by atoms with van der Waals surface area (Å²) in [5.41, 5.74) is 1.01. The van der Waals surface area contributed by atoms with E-state index in [9.17, 15) is 9.59 Å². The highest BCUT2D eigenvalue weighted by Gasteiger charge is 2.26. The zero-order valence-electron chi connectivity index (χ0n) is 13.6. The summed E-state index contributed by atoms with van der Waals surface area (Å²) in [6, 6.07) is 7.79. The number of nitrogens with one attached hydrogen (secondary N) is 1. The molecular formula is C16H23N3O4. The van der Waals surface area contributed by atoms with Gasteiger partial charge in [0, 0.05) is 39.8 Å². The van der Waals surface area contributed by atoms with Crippen molar-refractivity contribution in [3.05, 3.63) is 24.3 Å². The van der Waals surface area contributed by atoms with Crippen molar-refractivity contribution < 1.29 is 19.1 Å². The van der Waals surface area contributed by atoms with E-state index in [1.165, 1.54) is 0 Å². The average Bonchev–Trinajstić information content (AvgIpc) is 2.61. The van der Waals surface area contributed by atoms with E-state index in [-0.39, 0.29) is 0 Å². The van der Waals surface area contributed by atoms with E-state index in [2.05, 4.69) is 10.2 Å². The van der Waals surface area contributed by atoms with E-state index in [1.807, 2.05) is 24.3 Å². The number of methoxy groups -OCH3 is 2. The summed E-state index contributed by atoms with van der Waals surface area (Å²) in [6.45, 7) is 3.07. The van der Waals surface area contributed by atoms with Crippen molar-refractivity contribution in [1.29, 1.82) is 0 Å². The van der Waals surface area contributed by atoms with Gasteiger partial charge in [0.1, 0.15) is 5.75 Å². The van der Waals surface area contributed by atoms with Gasteiger partial charge < -0.3 is 24.6 Å². The molecular weight excluding hydrogens is 298 g/mol. The van der Waals surface area contributed by atoms with Crippen LogP contribution in [0, 0.1) is 0 Å². The van der Waals surface area contributed by atoms with Crippen LogP contribution >= 0.6 is 0 Å². The Morgan fingerprint density at radius 3 is 2.48 bits per heavy atom. The second kappa shape index (κ2) is 8.38. The number of nitrogens with zero attached hydrogens (tertiary/aromatic N) is 2. The summed E-state index contributed by atoms with van der Waals surface area (Å²) in [4.78, 5) is 27.6. The van der Waals surface area contributed by atoms with Crippen molar-refractivity contribution in [2.24, 2.45) is 0 Å². The van der Waals surface area contributed by atoms with Gasteiger partial charge in [0.15, 0.2) is 0 Å². The number of para-hydroxylation sites is 2. The van der Waals surface area contributed by atoms with Crippen LogP contribution < -0.4 is 15.0 Å². The number of rotatable bonds is 5. The van der Waals surface area contributed by atoms with Crippen molar-refractivity contribution in [3.8, 4) is 5.75 Å². The molecule has 0 bridgehead atoms. The van der Waals surface area contributed by atoms with Crippen molar-refractivity contribution in [3.63, 3.8) is 0 Å². The van der Waals surface area contributed by atoms with E-state index >= 15 is 0 Å². The third-order valence-corrected chi connectivity index (χ3v) is 3.78. The topological polar surface area (TPSA) is 71.1 Å². The quantitative estimate of drug-likeness (QED) is 0.615. The molecule has 0 radical (unpaired) electrons. The maximum atomic E-state index is 12.1. The molecule has 0 unspecified atom stereocenters. The normalized spacial score (nSPS) is 14.5. The first kappa shape index (κ1) is 17.1. The Bertz CT molecular complexity index is 542. The first-order valence-electron chi connectivity index (χ1n) is 7.61. The van der Waals surface area contributed by atoms with Crippen LogP contribution in [-0.4, -0.2) is 70.3 Å². The van der Waals surface area contributed by atoms with Crippen molar-refractivity contribution in [1.82, 2.24) is 10.2 Å². The number of hydrogen-bond donors (Lipinski definition) is 1.